The van der Waals surface area contributed by atoms with Gasteiger partial charge in [0.25, 0.3) is 0 Å². The van der Waals surface area contributed by atoms with Gasteiger partial charge in [-0.05, 0) is 0 Å². The first-order valence-corrected chi connectivity index (χ1v) is 14.4. The van der Waals surface area contributed by atoms with E-state index in [4.69, 9.17) is 30.0 Å². The Morgan fingerprint density at radius 2 is 0.732 bits per heavy atom. The molecular formula is C32H16AlN8. The van der Waals surface area contributed by atoms with E-state index in [1.807, 2.05) is 24.3 Å². The SMILES string of the molecule is c1ccc2c(c1)C1=NC2=Nc2c3ccccc3c3[n]2[Al][n]2c(c4ccccc4c2=NC2=NC(=N3)c3ccccc32)=N1. The molecule has 4 aliphatic heterocycles. The van der Waals surface area contributed by atoms with E-state index < -0.39 is 15.7 Å². The van der Waals surface area contributed by atoms with Gasteiger partial charge in [0.15, 0.2) is 23.3 Å². The van der Waals surface area contributed by atoms with Crippen LogP contribution in [0.2, 0.25) is 0 Å². The number of rotatable bonds is 0. The van der Waals surface area contributed by atoms with Crippen LogP contribution < -0.4 is 11.0 Å². The fraction of sp³-hybridized carbons (Fsp3) is 0. The molecule has 0 fully saturated rings. The maximum absolute atomic E-state index is 5.24. The van der Waals surface area contributed by atoms with E-state index in [9.17, 15) is 0 Å². The Kier molecular flexibility index (Phi) is 4.05. The van der Waals surface area contributed by atoms with Crippen LogP contribution in [0, 0.1) is 0 Å². The van der Waals surface area contributed by atoms with E-state index in [-0.39, 0.29) is 0 Å². The lowest BCUT2D eigenvalue weighted by atomic mass is 10.1. The predicted molar refractivity (Wildman–Crippen MR) is 161 cm³/mol. The van der Waals surface area contributed by atoms with Gasteiger partial charge in [-0.3, -0.25) is 0 Å². The summed E-state index contributed by atoms with van der Waals surface area (Å²) in [6.45, 7) is 0. The van der Waals surface area contributed by atoms with Crippen LogP contribution in [0.4, 0.5) is 11.6 Å². The number of fused-ring (bicyclic) bond motifs is 14. The molecule has 0 N–H and O–H groups in total. The normalized spacial score (nSPS) is 15.5. The zero-order valence-electron chi connectivity index (χ0n) is 21.4. The Hall–Kier alpha value is -5.23. The highest BCUT2D eigenvalue weighted by Crippen LogP contribution is 2.39. The zero-order chi connectivity index (χ0) is 26.7. The van der Waals surface area contributed by atoms with E-state index in [1.54, 1.807) is 0 Å². The van der Waals surface area contributed by atoms with E-state index in [1.165, 1.54) is 0 Å². The number of amidine groups is 4. The van der Waals surface area contributed by atoms with Crippen LogP contribution in [0.3, 0.4) is 0 Å². The molecule has 0 saturated heterocycles. The molecule has 187 valence electrons. The molecule has 0 aliphatic carbocycles. The summed E-state index contributed by atoms with van der Waals surface area (Å²) in [6.07, 6.45) is 0. The average molecular weight is 540 g/mol. The number of hydrogen-bond acceptors (Lipinski definition) is 6. The largest absolute Gasteiger partial charge is 0.568 e. The molecule has 8 nitrogen and oxygen atoms in total. The van der Waals surface area contributed by atoms with Gasteiger partial charge in [-0.2, -0.15) is 0 Å². The second kappa shape index (κ2) is 7.70. The fourth-order valence-corrected chi connectivity index (χ4v) is 7.64. The minimum Gasteiger partial charge on any atom is -0.389 e. The molecule has 41 heavy (non-hydrogen) atoms. The Labute approximate surface area is 239 Å². The monoisotopic (exact) mass is 539 g/mol. The molecule has 4 aromatic carbocycles. The Morgan fingerprint density at radius 3 is 1.17 bits per heavy atom. The van der Waals surface area contributed by atoms with Crippen molar-refractivity contribution >= 4 is 72.2 Å². The van der Waals surface area contributed by atoms with Gasteiger partial charge in [0.05, 0.1) is 0 Å². The number of hydrogen-bond donors (Lipinski definition) is 0. The lowest BCUT2D eigenvalue weighted by Gasteiger charge is -2.11. The highest BCUT2D eigenvalue weighted by Gasteiger charge is 2.30. The minimum atomic E-state index is -0.639. The minimum absolute atomic E-state index is 0.639. The van der Waals surface area contributed by atoms with Crippen molar-refractivity contribution in [2.75, 3.05) is 0 Å². The van der Waals surface area contributed by atoms with Gasteiger partial charge in [0.1, 0.15) is 22.6 Å². The van der Waals surface area contributed by atoms with E-state index in [0.717, 1.165) is 66.4 Å². The molecule has 6 aromatic rings. The Balaban J connectivity index is 1.48. The molecule has 0 spiro atoms. The highest BCUT2D eigenvalue weighted by atomic mass is 27.1. The van der Waals surface area contributed by atoms with E-state index >= 15 is 0 Å². The summed E-state index contributed by atoms with van der Waals surface area (Å²) in [6, 6.07) is 33.0. The molecular weight excluding hydrogens is 523 g/mol. The van der Waals surface area contributed by atoms with Gasteiger partial charge in [0.2, 0.25) is 0 Å². The summed E-state index contributed by atoms with van der Waals surface area (Å²) in [4.78, 5) is 31.0. The summed E-state index contributed by atoms with van der Waals surface area (Å²) in [5.41, 5.74) is 5.56. The lowest BCUT2D eigenvalue weighted by molar-refractivity contribution is 0.992. The van der Waals surface area contributed by atoms with Gasteiger partial charge in [-0.25, -0.2) is 30.0 Å². The number of benzene rings is 4. The molecule has 0 saturated carbocycles. The number of aliphatic imine (C=N–C) groups is 4. The van der Waals surface area contributed by atoms with E-state index in [0.29, 0.717) is 23.3 Å². The molecule has 2 aromatic heterocycles. The lowest BCUT2D eigenvalue weighted by Crippen LogP contribution is -2.36. The quantitative estimate of drug-likeness (QED) is 0.255. The molecule has 1 radical (unpaired) electrons. The molecule has 0 unspecified atom stereocenters. The number of aromatic nitrogens is 2. The average Bonchev–Trinajstić information content (AvgIpc) is 3.72. The first kappa shape index (κ1) is 21.6. The van der Waals surface area contributed by atoms with Gasteiger partial charge >= 0.3 is 15.7 Å². The molecule has 9 heteroatoms. The molecule has 4 aliphatic rings. The van der Waals surface area contributed by atoms with Crippen molar-refractivity contribution in [3.05, 3.63) is 130 Å². The van der Waals surface area contributed by atoms with Gasteiger partial charge < -0.3 is 7.10 Å². The maximum Gasteiger partial charge on any atom is 0.568 e. The van der Waals surface area contributed by atoms with Crippen molar-refractivity contribution in [3.8, 4) is 0 Å². The van der Waals surface area contributed by atoms with Gasteiger partial charge in [-0.15, -0.1) is 0 Å². The summed E-state index contributed by atoms with van der Waals surface area (Å²) >= 11 is -0.639. The van der Waals surface area contributed by atoms with Crippen molar-refractivity contribution in [1.82, 2.24) is 7.10 Å². The van der Waals surface area contributed by atoms with Crippen molar-refractivity contribution in [3.63, 3.8) is 0 Å². The second-order valence-electron chi connectivity index (χ2n) is 10.3. The first-order chi connectivity index (χ1) is 20.3. The Bertz CT molecular complexity index is 2290. The summed E-state index contributed by atoms with van der Waals surface area (Å²) in [7, 11) is 0. The summed E-state index contributed by atoms with van der Waals surface area (Å²) in [5.74, 6) is 4.31. The van der Waals surface area contributed by atoms with Crippen molar-refractivity contribution in [2.45, 2.75) is 0 Å². The molecule has 6 heterocycles. The van der Waals surface area contributed by atoms with Crippen molar-refractivity contribution in [1.29, 1.82) is 0 Å². The van der Waals surface area contributed by atoms with Crippen LogP contribution in [-0.4, -0.2) is 46.1 Å². The third kappa shape index (κ3) is 2.84. The van der Waals surface area contributed by atoms with Crippen molar-refractivity contribution < 1.29 is 0 Å². The third-order valence-corrected chi connectivity index (χ3v) is 9.49. The Morgan fingerprint density at radius 1 is 0.366 bits per heavy atom. The van der Waals surface area contributed by atoms with Crippen LogP contribution >= 0.6 is 0 Å². The van der Waals surface area contributed by atoms with Crippen LogP contribution in [-0.2, 0) is 0 Å². The van der Waals surface area contributed by atoms with Gasteiger partial charge in [0, 0.05) is 43.8 Å². The summed E-state index contributed by atoms with van der Waals surface area (Å²) < 4.78 is 4.48. The first-order valence-electron chi connectivity index (χ1n) is 13.4. The smallest absolute Gasteiger partial charge is 0.389 e. The highest BCUT2D eigenvalue weighted by molar-refractivity contribution is 6.37. The number of nitrogens with zero attached hydrogens (tertiary/aromatic N) is 8. The summed E-state index contributed by atoms with van der Waals surface area (Å²) in [5, 5.41) is 4.10. The van der Waals surface area contributed by atoms with Crippen LogP contribution in [0.15, 0.2) is 127 Å². The van der Waals surface area contributed by atoms with Crippen LogP contribution in [0.1, 0.15) is 22.3 Å². The second-order valence-corrected chi connectivity index (χ2v) is 11.6. The van der Waals surface area contributed by atoms with Crippen molar-refractivity contribution in [2.24, 2.45) is 30.0 Å². The standard InChI is InChI=1S/C32H16N8.Al/c1-2-10-18-17(9-1)25-33-26(18)38-28-21-13-5-6-14-22(21)30(35-28)40-32-24-16-8-7-15-23(24)31(36-32)39-29-20-12-4-3-11-19(20)27(34-29)37-25;/h1-16H;/q-2;+2. The molecule has 0 atom stereocenters. The zero-order valence-corrected chi connectivity index (χ0v) is 22.5. The maximum atomic E-state index is 5.24. The van der Waals surface area contributed by atoms with E-state index in [2.05, 4.69) is 79.9 Å². The molecule has 6 bridgehead atoms. The van der Waals surface area contributed by atoms with Crippen LogP contribution in [0.25, 0.3) is 21.5 Å². The van der Waals surface area contributed by atoms with Gasteiger partial charge in [-0.1, -0.05) is 97.1 Å². The molecule has 0 amide bonds. The topological polar surface area (TPSA) is 84.0 Å². The third-order valence-electron chi connectivity index (χ3n) is 8.05. The molecule has 10 rings (SSSR count). The predicted octanol–water partition coefficient (Wildman–Crippen LogP) is 4.47. The fourth-order valence-electron chi connectivity index (χ4n) is 6.19. The van der Waals surface area contributed by atoms with Crippen LogP contribution in [0.5, 0.6) is 0 Å².